The van der Waals surface area contributed by atoms with E-state index >= 15 is 0 Å². The third-order valence-corrected chi connectivity index (χ3v) is 14.4. The topological polar surface area (TPSA) is 167 Å². The van der Waals surface area contributed by atoms with Crippen LogP contribution < -0.4 is 24.3 Å². The van der Waals surface area contributed by atoms with E-state index in [1.807, 2.05) is 13.0 Å². The smallest absolute Gasteiger partial charge is 0.417 e. The van der Waals surface area contributed by atoms with Crippen LogP contribution in [0.4, 0.5) is 19.7 Å². The number of methoxy groups -OCH3 is 2. The summed E-state index contributed by atoms with van der Waals surface area (Å²) in [6, 6.07) is 15.5. The Labute approximate surface area is 432 Å². The number of amides is 2. The second kappa shape index (κ2) is 29.3. The molecule has 0 radical (unpaired) electrons. The minimum Gasteiger partial charge on any atom is -0.497 e. The molecule has 73 heavy (non-hydrogen) atoms. The zero-order chi connectivity index (χ0) is 52.0. The molecule has 400 valence electrons. The van der Waals surface area contributed by atoms with Crippen molar-refractivity contribution < 1.29 is 57.5 Å². The van der Waals surface area contributed by atoms with Gasteiger partial charge in [-0.2, -0.15) is 0 Å². The Morgan fingerprint density at radius 3 is 2.23 bits per heavy atom. The minimum absolute atomic E-state index is 0.0234. The number of carbonyl (C=O) groups excluding carboxylic acids is 2. The molecule has 2 aliphatic carbocycles. The molecule has 1 aliphatic heterocycles. The molecule has 15 heteroatoms. The maximum atomic E-state index is 15.0. The highest BCUT2D eigenvalue weighted by molar-refractivity contribution is 6.03. The molecule has 1 saturated carbocycles. The summed E-state index contributed by atoms with van der Waals surface area (Å²) in [6.07, 6.45) is 18.3. The molecule has 3 N–H and O–H groups in total. The highest BCUT2D eigenvalue weighted by Gasteiger charge is 2.65. The van der Waals surface area contributed by atoms with E-state index in [0.29, 0.717) is 72.9 Å². The number of allylic oxidation sites excluding steroid dienone is 1. The minimum atomic E-state index is -1.57. The zero-order valence-electron chi connectivity index (χ0n) is 43.6. The van der Waals surface area contributed by atoms with Crippen molar-refractivity contribution in [2.75, 3.05) is 52.6 Å². The number of aliphatic hydroxyl groups excluding tert-OH is 2. The maximum Gasteiger partial charge on any atom is 0.417 e. The summed E-state index contributed by atoms with van der Waals surface area (Å²) in [5.74, 6) is -1.40. The van der Waals surface area contributed by atoms with Crippen LogP contribution in [0, 0.1) is 23.6 Å². The van der Waals surface area contributed by atoms with E-state index in [1.165, 1.54) is 57.8 Å². The number of aliphatic hydroxyl groups is 2. The molecule has 0 saturated heterocycles. The summed E-state index contributed by atoms with van der Waals surface area (Å²) in [7, 11) is 3.04. The molecule has 14 nitrogen and oxygen atoms in total. The highest BCUT2D eigenvalue weighted by atomic mass is 19.1. The number of hydrogen-bond acceptors (Lipinski definition) is 12. The van der Waals surface area contributed by atoms with Crippen molar-refractivity contribution in [2.24, 2.45) is 22.9 Å². The van der Waals surface area contributed by atoms with Crippen LogP contribution in [0.15, 0.2) is 90.1 Å². The van der Waals surface area contributed by atoms with Gasteiger partial charge in [0.2, 0.25) is 5.79 Å². The van der Waals surface area contributed by atoms with Gasteiger partial charge in [-0.3, -0.25) is 10.2 Å². The Balaban J connectivity index is 1.44. The van der Waals surface area contributed by atoms with Crippen molar-refractivity contribution >= 4 is 23.6 Å². The SMILES string of the molecule is C=CCO[C@@]12Oc3ccc(OC(=O)Nc4ccc(OC)cc4OC)cc3[C@H]3[C@H](CCCCO)[C@@H](CCCCO)C=C(C(=NOCC)C[C@@H]1N(Cc1ccc(F)cc1)C(=O)OCCCCCCCCCCCC)[C@H]32. The van der Waals surface area contributed by atoms with E-state index in [9.17, 15) is 24.2 Å². The van der Waals surface area contributed by atoms with Crippen molar-refractivity contribution in [3.8, 4) is 23.0 Å². The van der Waals surface area contributed by atoms with Crippen LogP contribution in [-0.4, -0.2) is 92.1 Å². The largest absolute Gasteiger partial charge is 0.497 e. The number of rotatable bonds is 31. The molecule has 3 aromatic carbocycles. The fraction of sp³-hybridized carbons (Fsp3) is 0.569. The molecular formula is C58H80FN3O11. The lowest BCUT2D eigenvalue weighted by molar-refractivity contribution is -0.256. The van der Waals surface area contributed by atoms with Gasteiger partial charge in [0.05, 0.1) is 44.8 Å². The van der Waals surface area contributed by atoms with Gasteiger partial charge in [-0.25, -0.2) is 14.0 Å². The number of carbonyl (C=O) groups is 2. The Morgan fingerprint density at radius 2 is 1.56 bits per heavy atom. The van der Waals surface area contributed by atoms with Gasteiger partial charge in [0.1, 0.15) is 41.5 Å². The number of nitrogens with one attached hydrogen (secondary N) is 1. The van der Waals surface area contributed by atoms with Crippen molar-refractivity contribution in [3.05, 3.63) is 102 Å². The summed E-state index contributed by atoms with van der Waals surface area (Å²) in [4.78, 5) is 36.2. The van der Waals surface area contributed by atoms with Crippen molar-refractivity contribution in [1.82, 2.24) is 4.90 Å². The summed E-state index contributed by atoms with van der Waals surface area (Å²) in [5.41, 5.74) is 3.31. The van der Waals surface area contributed by atoms with Crippen LogP contribution in [0.1, 0.15) is 140 Å². The second-order valence-electron chi connectivity index (χ2n) is 19.3. The van der Waals surface area contributed by atoms with Crippen LogP contribution >= 0.6 is 0 Å². The molecule has 0 bridgehead atoms. The average molecular weight is 1010 g/mol. The van der Waals surface area contributed by atoms with Gasteiger partial charge in [-0.1, -0.05) is 107 Å². The number of hydrogen-bond donors (Lipinski definition) is 3. The molecule has 1 heterocycles. The third kappa shape index (κ3) is 15.0. The standard InChI is InChI=1S/C58H80FN3O11/c1-6-9-10-11-12-13-14-15-16-21-35-69-57(66)62(40-41-24-26-43(59)27-25-41)53-39-50(61-71-8-3)47-36-42(22-17-19-32-63)46(23-18-20-33-64)54-48-37-45(29-31-51(48)73-58(53,55(47)54)70-34-7-2)72-56(65)60-49-30-28-44(67-4)38-52(49)68-5/h7,24-31,36-38,42,46,53-55,63-64H,2,6,8-23,32-35,39-40H2,1,3-5H3,(H,60,65)/t42-,46+,53-,54+,55+,58+/m0/s1. The molecular weight excluding hydrogens is 934 g/mol. The number of ether oxygens (including phenoxy) is 6. The molecule has 6 atom stereocenters. The van der Waals surface area contributed by atoms with Crippen LogP contribution in [0.3, 0.4) is 0 Å². The summed E-state index contributed by atoms with van der Waals surface area (Å²) >= 11 is 0. The van der Waals surface area contributed by atoms with E-state index in [1.54, 1.807) is 60.6 Å². The van der Waals surface area contributed by atoms with Gasteiger partial charge in [-0.05, 0) is 104 Å². The van der Waals surface area contributed by atoms with E-state index in [-0.39, 0.29) is 62.9 Å². The summed E-state index contributed by atoms with van der Waals surface area (Å²) < 4.78 is 52.0. The molecule has 0 spiro atoms. The number of oxime groups is 1. The predicted octanol–water partition coefficient (Wildman–Crippen LogP) is 12.7. The highest BCUT2D eigenvalue weighted by Crippen LogP contribution is 2.62. The molecule has 1 fully saturated rings. The molecule has 3 aliphatic rings. The van der Waals surface area contributed by atoms with Crippen molar-refractivity contribution in [2.45, 2.75) is 147 Å². The first-order valence-corrected chi connectivity index (χ1v) is 26.7. The van der Waals surface area contributed by atoms with Gasteiger partial charge in [0.15, 0.2) is 0 Å². The summed E-state index contributed by atoms with van der Waals surface area (Å²) in [6.45, 7) is 8.83. The molecule has 0 aromatic heterocycles. The van der Waals surface area contributed by atoms with Crippen LogP contribution in [0.2, 0.25) is 0 Å². The number of nitrogens with zero attached hydrogens (tertiary/aromatic N) is 2. The Hall–Kier alpha value is -5.64. The molecule has 3 aromatic rings. The lowest BCUT2D eigenvalue weighted by Crippen LogP contribution is -2.70. The van der Waals surface area contributed by atoms with Gasteiger partial charge >= 0.3 is 12.2 Å². The van der Waals surface area contributed by atoms with Gasteiger partial charge in [0.25, 0.3) is 0 Å². The lowest BCUT2D eigenvalue weighted by Gasteiger charge is -2.59. The van der Waals surface area contributed by atoms with Crippen molar-refractivity contribution in [3.63, 3.8) is 0 Å². The normalized spacial score (nSPS) is 21.2. The number of benzene rings is 3. The Kier molecular flexibility index (Phi) is 22.7. The Morgan fingerprint density at radius 1 is 0.863 bits per heavy atom. The van der Waals surface area contributed by atoms with E-state index in [4.69, 9.17) is 38.4 Å². The first-order valence-electron chi connectivity index (χ1n) is 26.7. The van der Waals surface area contributed by atoms with Gasteiger partial charge in [0, 0.05) is 43.7 Å². The molecule has 2 amide bonds. The monoisotopic (exact) mass is 1010 g/mol. The number of anilines is 1. The molecule has 6 rings (SSSR count). The first kappa shape index (κ1) is 56.7. The van der Waals surface area contributed by atoms with Gasteiger partial charge < -0.3 is 43.5 Å². The fourth-order valence-corrected chi connectivity index (χ4v) is 10.9. The van der Waals surface area contributed by atoms with Crippen LogP contribution in [0.5, 0.6) is 23.0 Å². The lowest BCUT2D eigenvalue weighted by atomic mass is 9.55. The van der Waals surface area contributed by atoms with E-state index in [2.05, 4.69) is 24.9 Å². The first-order chi connectivity index (χ1) is 35.6. The van der Waals surface area contributed by atoms with Crippen LogP contribution in [0.25, 0.3) is 0 Å². The number of fused-ring (bicyclic) bond motifs is 2. The fourth-order valence-electron chi connectivity index (χ4n) is 10.9. The summed E-state index contributed by atoms with van der Waals surface area (Å²) in [5, 5.41) is 27.6. The predicted molar refractivity (Wildman–Crippen MR) is 281 cm³/mol. The second-order valence-corrected chi connectivity index (χ2v) is 19.3. The van der Waals surface area contributed by atoms with Crippen LogP contribution in [-0.2, 0) is 20.9 Å². The van der Waals surface area contributed by atoms with E-state index < -0.39 is 35.8 Å². The van der Waals surface area contributed by atoms with Crippen molar-refractivity contribution in [1.29, 1.82) is 0 Å². The number of halogens is 1. The maximum absolute atomic E-state index is 15.0. The molecule has 0 unspecified atom stereocenters. The quantitative estimate of drug-likeness (QED) is 0.0319. The van der Waals surface area contributed by atoms with Gasteiger partial charge in [-0.15, -0.1) is 6.58 Å². The zero-order valence-corrected chi connectivity index (χ0v) is 43.6. The third-order valence-electron chi connectivity index (χ3n) is 14.4. The Bertz CT molecular complexity index is 2270. The number of unbranched alkanes of at least 4 members (excludes halogenated alkanes) is 11. The van der Waals surface area contributed by atoms with E-state index in [0.717, 1.165) is 43.2 Å². The average Bonchev–Trinajstić information content (AvgIpc) is 3.40.